The second-order valence-electron chi connectivity index (χ2n) is 9.73. The van der Waals surface area contributed by atoms with Crippen LogP contribution in [0.3, 0.4) is 0 Å². The first kappa shape index (κ1) is 28.4. The van der Waals surface area contributed by atoms with Gasteiger partial charge in [-0.05, 0) is 35.9 Å². The SMILES string of the molecule is CNC(=O)n1ccc2cc(Oc3ccnc(NC(=O)c4ccc(C5CN(C(=O)O)C5)cc4)c3)c(OCCCOC)cc21. The highest BCUT2D eigenvalue weighted by Gasteiger charge is 2.31. The van der Waals surface area contributed by atoms with E-state index in [-0.39, 0.29) is 17.9 Å². The van der Waals surface area contributed by atoms with Gasteiger partial charge in [-0.2, -0.15) is 0 Å². The van der Waals surface area contributed by atoms with Gasteiger partial charge in [0.05, 0.1) is 12.1 Å². The number of nitrogens with zero attached hydrogens (tertiary/aromatic N) is 3. The zero-order valence-electron chi connectivity index (χ0n) is 23.2. The maximum atomic E-state index is 12.9. The van der Waals surface area contributed by atoms with Crippen molar-refractivity contribution in [2.45, 2.75) is 12.3 Å². The molecule has 0 unspecified atom stereocenters. The molecule has 0 spiro atoms. The highest BCUT2D eigenvalue weighted by Crippen LogP contribution is 2.37. The molecule has 0 saturated carbocycles. The number of carbonyl (C=O) groups is 3. The van der Waals surface area contributed by atoms with Gasteiger partial charge in [-0.1, -0.05) is 12.1 Å². The topological polar surface area (TPSA) is 144 Å². The molecule has 12 nitrogen and oxygen atoms in total. The number of carboxylic acid groups (broad SMARTS) is 1. The van der Waals surface area contributed by atoms with Gasteiger partial charge in [-0.3, -0.25) is 9.36 Å². The van der Waals surface area contributed by atoms with Crippen molar-refractivity contribution in [1.82, 2.24) is 19.8 Å². The van der Waals surface area contributed by atoms with Crippen molar-refractivity contribution >= 4 is 34.8 Å². The molecule has 3 amide bonds. The van der Waals surface area contributed by atoms with E-state index in [4.69, 9.17) is 19.3 Å². The molecule has 1 saturated heterocycles. The number of aromatic nitrogens is 2. The number of methoxy groups -OCH3 is 1. The molecule has 1 fully saturated rings. The van der Waals surface area contributed by atoms with E-state index in [1.807, 2.05) is 18.2 Å². The number of rotatable bonds is 10. The largest absolute Gasteiger partial charge is 0.490 e. The van der Waals surface area contributed by atoms with Crippen LogP contribution < -0.4 is 20.1 Å². The number of fused-ring (bicyclic) bond motifs is 1. The van der Waals surface area contributed by atoms with Crippen LogP contribution in [-0.4, -0.2) is 78.0 Å². The highest BCUT2D eigenvalue weighted by molar-refractivity contribution is 6.03. The number of anilines is 1. The maximum absolute atomic E-state index is 12.9. The van der Waals surface area contributed by atoms with Crippen molar-refractivity contribution in [3.05, 3.63) is 78.1 Å². The van der Waals surface area contributed by atoms with Crippen LogP contribution in [0.4, 0.5) is 15.4 Å². The van der Waals surface area contributed by atoms with Gasteiger partial charge in [0.1, 0.15) is 11.6 Å². The second kappa shape index (κ2) is 12.6. The van der Waals surface area contributed by atoms with Gasteiger partial charge in [0.25, 0.3) is 5.91 Å². The van der Waals surface area contributed by atoms with Gasteiger partial charge >= 0.3 is 12.1 Å². The van der Waals surface area contributed by atoms with Crippen molar-refractivity contribution < 1.29 is 33.7 Å². The molecule has 2 aromatic carbocycles. The van der Waals surface area contributed by atoms with Crippen molar-refractivity contribution in [3.8, 4) is 17.2 Å². The molecule has 0 aliphatic carbocycles. The van der Waals surface area contributed by atoms with E-state index in [0.29, 0.717) is 66.9 Å². The fourth-order valence-electron chi connectivity index (χ4n) is 4.63. The molecule has 42 heavy (non-hydrogen) atoms. The molecule has 0 radical (unpaired) electrons. The molecule has 2 aromatic heterocycles. The first-order valence-electron chi connectivity index (χ1n) is 13.4. The molecule has 0 atom stereocenters. The molecule has 218 valence electrons. The van der Waals surface area contributed by atoms with E-state index >= 15 is 0 Å². The Balaban J connectivity index is 1.30. The van der Waals surface area contributed by atoms with Crippen LogP contribution in [0.15, 0.2) is 67.0 Å². The summed E-state index contributed by atoms with van der Waals surface area (Å²) in [7, 11) is 3.19. The van der Waals surface area contributed by atoms with Crippen molar-refractivity contribution in [2.24, 2.45) is 0 Å². The number of ether oxygens (including phenoxy) is 3. The number of hydrogen-bond acceptors (Lipinski definition) is 7. The Kier molecular flexibility index (Phi) is 8.53. The molecule has 1 aliphatic heterocycles. The van der Waals surface area contributed by atoms with Crippen LogP contribution in [0.1, 0.15) is 28.3 Å². The Morgan fingerprint density at radius 3 is 2.52 bits per heavy atom. The summed E-state index contributed by atoms with van der Waals surface area (Å²) in [4.78, 5) is 41.8. The average Bonchev–Trinajstić information content (AvgIpc) is 3.37. The lowest BCUT2D eigenvalue weighted by atomic mass is 9.91. The van der Waals surface area contributed by atoms with E-state index in [0.717, 1.165) is 10.9 Å². The minimum Gasteiger partial charge on any atom is -0.490 e. The number of likely N-dealkylation sites (tertiary alicyclic amines) is 1. The molecule has 12 heteroatoms. The molecule has 1 aliphatic rings. The van der Waals surface area contributed by atoms with Crippen LogP contribution in [0.5, 0.6) is 17.2 Å². The van der Waals surface area contributed by atoms with Gasteiger partial charge < -0.3 is 34.9 Å². The molecular weight excluding hydrogens is 542 g/mol. The predicted octanol–water partition coefficient (Wildman–Crippen LogP) is 4.76. The zero-order chi connectivity index (χ0) is 29.6. The van der Waals surface area contributed by atoms with Crippen LogP contribution in [0.2, 0.25) is 0 Å². The van der Waals surface area contributed by atoms with E-state index in [2.05, 4.69) is 15.6 Å². The highest BCUT2D eigenvalue weighted by atomic mass is 16.5. The molecule has 3 N–H and O–H groups in total. The van der Waals surface area contributed by atoms with E-state index < -0.39 is 6.09 Å². The summed E-state index contributed by atoms with van der Waals surface area (Å²) < 4.78 is 18.8. The third-order valence-electron chi connectivity index (χ3n) is 6.94. The summed E-state index contributed by atoms with van der Waals surface area (Å²) in [6, 6.07) is 15.4. The lowest BCUT2D eigenvalue weighted by Crippen LogP contribution is -2.47. The summed E-state index contributed by atoms with van der Waals surface area (Å²) in [6.45, 7) is 1.81. The summed E-state index contributed by atoms with van der Waals surface area (Å²) in [5.74, 6) is 1.40. The first-order chi connectivity index (χ1) is 20.4. The van der Waals surface area contributed by atoms with Crippen LogP contribution in [0, 0.1) is 0 Å². The Hall–Kier alpha value is -5.10. The van der Waals surface area contributed by atoms with E-state index in [9.17, 15) is 14.4 Å². The number of carbonyl (C=O) groups excluding carboxylic acids is 2. The Bertz CT molecular complexity index is 1600. The Morgan fingerprint density at radius 1 is 1.02 bits per heavy atom. The van der Waals surface area contributed by atoms with Crippen LogP contribution in [-0.2, 0) is 4.74 Å². The van der Waals surface area contributed by atoms with Crippen LogP contribution in [0.25, 0.3) is 10.9 Å². The van der Waals surface area contributed by atoms with E-state index in [1.165, 1.54) is 15.7 Å². The smallest absolute Gasteiger partial charge is 0.407 e. The van der Waals surface area contributed by atoms with Gasteiger partial charge in [-0.15, -0.1) is 0 Å². The fourth-order valence-corrected chi connectivity index (χ4v) is 4.63. The number of benzene rings is 2. The quantitative estimate of drug-likeness (QED) is 0.230. The van der Waals surface area contributed by atoms with Gasteiger partial charge in [0.15, 0.2) is 11.5 Å². The average molecular weight is 574 g/mol. The summed E-state index contributed by atoms with van der Waals surface area (Å²) >= 11 is 0. The minimum atomic E-state index is -0.924. The molecule has 4 aromatic rings. The van der Waals surface area contributed by atoms with Gasteiger partial charge in [0.2, 0.25) is 0 Å². The number of nitrogens with one attached hydrogen (secondary N) is 2. The monoisotopic (exact) mass is 573 g/mol. The molecular formula is C30H31N5O7. The fraction of sp³-hybridized carbons (Fsp3) is 0.267. The Labute approximate surface area is 241 Å². The van der Waals surface area contributed by atoms with Gasteiger partial charge in [0, 0.05) is 81.7 Å². The van der Waals surface area contributed by atoms with Crippen molar-refractivity contribution in [2.75, 3.05) is 45.8 Å². The van der Waals surface area contributed by atoms with Crippen LogP contribution >= 0.6 is 0 Å². The number of pyridine rings is 1. The second-order valence-corrected chi connectivity index (χ2v) is 9.73. The summed E-state index contributed by atoms with van der Waals surface area (Å²) in [6.07, 6.45) is 2.94. The molecule has 5 rings (SSSR count). The number of amides is 3. The summed E-state index contributed by atoms with van der Waals surface area (Å²) in [5.41, 5.74) is 2.09. The first-order valence-corrected chi connectivity index (χ1v) is 13.4. The lowest BCUT2D eigenvalue weighted by molar-refractivity contribution is 0.102. The van der Waals surface area contributed by atoms with E-state index in [1.54, 1.807) is 56.8 Å². The predicted molar refractivity (Wildman–Crippen MR) is 155 cm³/mol. The van der Waals surface area contributed by atoms with Crippen molar-refractivity contribution in [1.29, 1.82) is 0 Å². The third kappa shape index (κ3) is 6.28. The molecule has 3 heterocycles. The minimum absolute atomic E-state index is 0.129. The zero-order valence-corrected chi connectivity index (χ0v) is 23.2. The maximum Gasteiger partial charge on any atom is 0.407 e. The number of hydrogen-bond donors (Lipinski definition) is 3. The van der Waals surface area contributed by atoms with Gasteiger partial charge in [-0.25, -0.2) is 14.6 Å². The lowest BCUT2D eigenvalue weighted by Gasteiger charge is -2.37. The molecule has 0 bridgehead atoms. The normalized spacial score (nSPS) is 13.0. The Morgan fingerprint density at radius 2 is 1.81 bits per heavy atom. The van der Waals surface area contributed by atoms with Crippen molar-refractivity contribution in [3.63, 3.8) is 0 Å². The summed E-state index contributed by atoms with van der Waals surface area (Å²) in [5, 5.41) is 15.2. The standard InChI is InChI=1S/C30H31N5O7/c1-31-29(37)35-11-9-21-14-26(25(16-24(21)35)41-13-3-12-40-2)42-23-8-10-32-27(15-23)33-28(36)20-6-4-19(5-7-20)22-17-34(18-22)30(38)39/h4-11,14-16,22H,3,12-13,17-18H2,1-2H3,(H,31,37)(H,38,39)(H,32,33,36). The third-order valence-corrected chi connectivity index (χ3v) is 6.94.